The second kappa shape index (κ2) is 9.59. The van der Waals surface area contributed by atoms with E-state index in [-0.39, 0.29) is 22.7 Å². The molecule has 0 bridgehead atoms. The minimum Gasteiger partial charge on any atom is -0.465 e. The van der Waals surface area contributed by atoms with E-state index in [1.54, 1.807) is 0 Å². The fourth-order valence-corrected chi connectivity index (χ4v) is 3.21. The first kappa shape index (κ1) is 22.0. The Kier molecular flexibility index (Phi) is 8.44. The predicted molar refractivity (Wildman–Crippen MR) is 108 cm³/mol. The molecule has 25 heavy (non-hydrogen) atoms. The van der Waals surface area contributed by atoms with Crippen molar-refractivity contribution < 1.29 is 9.53 Å². The molecule has 144 valence electrons. The smallest absolute Gasteiger partial charge is 0.309 e. The SMILES string of the molecule is CCCCOC(=O)C1CCC=C(C(C)(C)CC/C=C(\C)C(C)(C)C)C1. The van der Waals surface area contributed by atoms with Gasteiger partial charge >= 0.3 is 5.97 Å². The van der Waals surface area contributed by atoms with E-state index < -0.39 is 0 Å². The number of allylic oxidation sites excluding steroid dienone is 4. The number of hydrogen-bond acceptors (Lipinski definition) is 2. The van der Waals surface area contributed by atoms with Gasteiger partial charge in [-0.1, -0.05) is 71.3 Å². The summed E-state index contributed by atoms with van der Waals surface area (Å²) in [6.07, 6.45) is 11.8. The van der Waals surface area contributed by atoms with Gasteiger partial charge in [0.1, 0.15) is 0 Å². The molecule has 1 aliphatic rings. The number of rotatable bonds is 8. The Morgan fingerprint density at radius 1 is 1.28 bits per heavy atom. The average Bonchev–Trinajstić information content (AvgIpc) is 2.54. The van der Waals surface area contributed by atoms with E-state index in [0.717, 1.165) is 44.9 Å². The molecule has 0 N–H and O–H groups in total. The van der Waals surface area contributed by atoms with E-state index in [1.165, 1.54) is 11.1 Å². The van der Waals surface area contributed by atoms with Crippen LogP contribution in [0.2, 0.25) is 0 Å². The summed E-state index contributed by atoms with van der Waals surface area (Å²) in [5, 5.41) is 0. The van der Waals surface area contributed by atoms with Crippen LogP contribution in [0.15, 0.2) is 23.3 Å². The molecule has 2 heteroatoms. The first-order valence-corrected chi connectivity index (χ1v) is 10.1. The lowest BCUT2D eigenvalue weighted by molar-refractivity contribution is -0.149. The van der Waals surface area contributed by atoms with Crippen LogP contribution in [-0.2, 0) is 9.53 Å². The molecule has 0 spiro atoms. The van der Waals surface area contributed by atoms with Crippen LogP contribution in [0.5, 0.6) is 0 Å². The highest BCUT2D eigenvalue weighted by Crippen LogP contribution is 2.40. The van der Waals surface area contributed by atoms with Gasteiger partial charge in [0.05, 0.1) is 12.5 Å². The van der Waals surface area contributed by atoms with Crippen LogP contribution >= 0.6 is 0 Å². The maximum Gasteiger partial charge on any atom is 0.309 e. The third kappa shape index (κ3) is 7.38. The lowest BCUT2D eigenvalue weighted by atomic mass is 9.72. The van der Waals surface area contributed by atoms with Crippen LogP contribution in [0.3, 0.4) is 0 Å². The Labute approximate surface area is 156 Å². The molecule has 0 amide bonds. The number of carbonyl (C=O) groups is 1. The van der Waals surface area contributed by atoms with E-state index in [2.05, 4.69) is 60.6 Å². The van der Waals surface area contributed by atoms with Gasteiger partial charge in [0.2, 0.25) is 0 Å². The highest BCUT2D eigenvalue weighted by atomic mass is 16.5. The summed E-state index contributed by atoms with van der Waals surface area (Å²) in [6, 6.07) is 0. The van der Waals surface area contributed by atoms with Crippen molar-refractivity contribution in [2.24, 2.45) is 16.7 Å². The van der Waals surface area contributed by atoms with Crippen molar-refractivity contribution >= 4 is 5.97 Å². The Hall–Kier alpha value is -1.05. The zero-order valence-electron chi connectivity index (χ0n) is 17.7. The molecule has 0 aromatic rings. The third-order valence-corrected chi connectivity index (χ3v) is 5.72. The van der Waals surface area contributed by atoms with Gasteiger partial charge in [0, 0.05) is 0 Å². The molecule has 1 rings (SSSR count). The van der Waals surface area contributed by atoms with Crippen LogP contribution in [-0.4, -0.2) is 12.6 Å². The van der Waals surface area contributed by atoms with Crippen LogP contribution in [0.25, 0.3) is 0 Å². The number of carbonyl (C=O) groups excluding carboxylic acids is 1. The molecule has 0 heterocycles. The Morgan fingerprint density at radius 2 is 1.96 bits per heavy atom. The third-order valence-electron chi connectivity index (χ3n) is 5.72. The number of ether oxygens (including phenoxy) is 1. The molecular formula is C23H40O2. The maximum absolute atomic E-state index is 12.3. The van der Waals surface area contributed by atoms with Crippen molar-refractivity contribution in [2.45, 2.75) is 93.4 Å². The van der Waals surface area contributed by atoms with E-state index in [9.17, 15) is 4.79 Å². The largest absolute Gasteiger partial charge is 0.465 e. The lowest BCUT2D eigenvalue weighted by Gasteiger charge is -2.33. The van der Waals surface area contributed by atoms with E-state index in [4.69, 9.17) is 4.74 Å². The maximum atomic E-state index is 12.3. The van der Waals surface area contributed by atoms with Gasteiger partial charge in [0.15, 0.2) is 0 Å². The Bertz CT molecular complexity index is 489. The van der Waals surface area contributed by atoms with E-state index in [0.29, 0.717) is 6.61 Å². The first-order chi connectivity index (χ1) is 11.6. The van der Waals surface area contributed by atoms with Crippen LogP contribution < -0.4 is 0 Å². The molecule has 0 radical (unpaired) electrons. The van der Waals surface area contributed by atoms with Crippen LogP contribution in [0.4, 0.5) is 0 Å². The second-order valence-corrected chi connectivity index (χ2v) is 9.29. The minimum atomic E-state index is 0.0123. The van der Waals surface area contributed by atoms with Gasteiger partial charge < -0.3 is 4.74 Å². The summed E-state index contributed by atoms with van der Waals surface area (Å²) in [5.41, 5.74) is 3.30. The molecule has 2 nitrogen and oxygen atoms in total. The van der Waals surface area contributed by atoms with Crippen molar-refractivity contribution in [1.82, 2.24) is 0 Å². The Morgan fingerprint density at radius 3 is 2.56 bits per heavy atom. The summed E-state index contributed by atoms with van der Waals surface area (Å²) in [6.45, 7) is 16.4. The summed E-state index contributed by atoms with van der Waals surface area (Å²) in [4.78, 5) is 12.3. The van der Waals surface area contributed by atoms with Crippen LogP contribution in [0, 0.1) is 16.7 Å². The highest BCUT2D eigenvalue weighted by molar-refractivity contribution is 5.73. The monoisotopic (exact) mass is 348 g/mol. The quantitative estimate of drug-likeness (QED) is 0.272. The Balaban J connectivity index is 2.60. The van der Waals surface area contributed by atoms with Crippen molar-refractivity contribution in [3.8, 4) is 0 Å². The average molecular weight is 349 g/mol. The zero-order valence-corrected chi connectivity index (χ0v) is 17.7. The van der Waals surface area contributed by atoms with E-state index in [1.807, 2.05) is 0 Å². The molecule has 1 aliphatic carbocycles. The molecule has 1 unspecified atom stereocenters. The fourth-order valence-electron chi connectivity index (χ4n) is 3.21. The molecule has 1 atom stereocenters. The molecule has 0 saturated heterocycles. The normalized spacial score (nSPS) is 19.6. The topological polar surface area (TPSA) is 26.3 Å². The lowest BCUT2D eigenvalue weighted by Crippen LogP contribution is -2.26. The van der Waals surface area contributed by atoms with Gasteiger partial charge in [-0.15, -0.1) is 0 Å². The second-order valence-electron chi connectivity index (χ2n) is 9.29. The van der Waals surface area contributed by atoms with Gasteiger partial charge in [-0.2, -0.15) is 0 Å². The molecule has 0 aromatic heterocycles. The predicted octanol–water partition coefficient (Wildman–Crippen LogP) is 6.86. The van der Waals surface area contributed by atoms with Crippen LogP contribution in [0.1, 0.15) is 93.4 Å². The molecule has 0 saturated carbocycles. The molecule has 0 fully saturated rings. The van der Waals surface area contributed by atoms with Gasteiger partial charge in [-0.05, 0) is 56.3 Å². The van der Waals surface area contributed by atoms with Gasteiger partial charge in [-0.25, -0.2) is 0 Å². The molecule has 0 aliphatic heterocycles. The minimum absolute atomic E-state index is 0.0123. The highest BCUT2D eigenvalue weighted by Gasteiger charge is 2.31. The van der Waals surface area contributed by atoms with Crippen molar-refractivity contribution in [1.29, 1.82) is 0 Å². The first-order valence-electron chi connectivity index (χ1n) is 10.1. The van der Waals surface area contributed by atoms with Gasteiger partial charge in [0.25, 0.3) is 0 Å². The number of unbranched alkanes of at least 4 members (excludes halogenated alkanes) is 1. The zero-order chi connectivity index (χ0) is 19.1. The summed E-state index contributed by atoms with van der Waals surface area (Å²) in [7, 11) is 0. The van der Waals surface area contributed by atoms with E-state index >= 15 is 0 Å². The van der Waals surface area contributed by atoms with Crippen molar-refractivity contribution in [2.75, 3.05) is 6.61 Å². The summed E-state index contributed by atoms with van der Waals surface area (Å²) < 4.78 is 5.46. The summed E-state index contributed by atoms with van der Waals surface area (Å²) >= 11 is 0. The molecule has 0 aromatic carbocycles. The van der Waals surface area contributed by atoms with Crippen molar-refractivity contribution in [3.05, 3.63) is 23.3 Å². The van der Waals surface area contributed by atoms with Gasteiger partial charge in [-0.3, -0.25) is 4.79 Å². The van der Waals surface area contributed by atoms with Crippen molar-refractivity contribution in [3.63, 3.8) is 0 Å². The number of esters is 1. The summed E-state index contributed by atoms with van der Waals surface area (Å²) in [5.74, 6) is 0.0707. The number of hydrogen-bond donors (Lipinski definition) is 0. The standard InChI is InChI=1S/C23H40O2/c1-8-9-16-25-21(24)19-13-10-14-20(17-19)23(6,7)15-11-12-18(2)22(3,4)5/h12,14,19H,8-11,13,15-17H2,1-7H3/b18-12+. The fraction of sp³-hybridized carbons (Fsp3) is 0.783. The molecular weight excluding hydrogens is 308 g/mol.